The Morgan fingerprint density at radius 3 is 2.07 bits per heavy atom. The Hall–Kier alpha value is -1.53. The molecule has 0 radical (unpaired) electrons. The zero-order valence-electron chi connectivity index (χ0n) is 18.8. The number of carbonyl (C=O) groups excluding carboxylic acids is 1. The van der Waals surface area contributed by atoms with Crippen molar-refractivity contribution in [1.82, 2.24) is 4.90 Å². The second-order valence-electron chi connectivity index (χ2n) is 9.59. The van der Waals surface area contributed by atoms with Crippen LogP contribution in [-0.2, 0) is 20.6 Å². The van der Waals surface area contributed by atoms with Crippen LogP contribution < -0.4 is 5.46 Å². The van der Waals surface area contributed by atoms with E-state index in [1.54, 1.807) is 4.90 Å². The minimum atomic E-state index is -0.498. The molecule has 0 N–H and O–H groups in total. The lowest BCUT2D eigenvalue weighted by Crippen LogP contribution is -2.41. The third kappa shape index (κ3) is 5.74. The third-order valence-electron chi connectivity index (χ3n) is 5.31. The van der Waals surface area contributed by atoms with Gasteiger partial charge in [0.1, 0.15) is 5.60 Å². The number of unbranched alkanes of at least 4 members (excludes halogenated alkanes) is 1. The van der Waals surface area contributed by atoms with E-state index in [0.29, 0.717) is 13.1 Å². The van der Waals surface area contributed by atoms with Gasteiger partial charge in [0.05, 0.1) is 11.2 Å². The van der Waals surface area contributed by atoms with Gasteiger partial charge in [-0.1, -0.05) is 37.6 Å². The van der Waals surface area contributed by atoms with Gasteiger partial charge in [0.25, 0.3) is 0 Å². The molecule has 1 aliphatic rings. The van der Waals surface area contributed by atoms with E-state index in [9.17, 15) is 4.79 Å². The molecule has 0 spiro atoms. The van der Waals surface area contributed by atoms with Crippen LogP contribution in [0.1, 0.15) is 73.8 Å². The number of benzene rings is 1. The molecule has 156 valence electrons. The number of nitrogens with zero attached hydrogens (tertiary/aromatic N) is 1. The highest BCUT2D eigenvalue weighted by Crippen LogP contribution is 2.36. The summed E-state index contributed by atoms with van der Waals surface area (Å²) in [5, 5.41) is 0. The molecule has 1 amide bonds. The van der Waals surface area contributed by atoms with E-state index in [1.807, 2.05) is 72.7 Å². The molecule has 0 aromatic heterocycles. The van der Waals surface area contributed by atoms with Gasteiger partial charge < -0.3 is 18.9 Å². The lowest BCUT2D eigenvalue weighted by atomic mass is 9.79. The van der Waals surface area contributed by atoms with Crippen LogP contribution in [0.4, 0.5) is 4.79 Å². The maximum atomic E-state index is 12.6. The van der Waals surface area contributed by atoms with Crippen LogP contribution in [0.2, 0.25) is 0 Å². The number of amides is 1. The maximum absolute atomic E-state index is 12.6. The second kappa shape index (κ2) is 8.46. The van der Waals surface area contributed by atoms with E-state index in [1.165, 1.54) is 0 Å². The fourth-order valence-corrected chi connectivity index (χ4v) is 2.89. The molecule has 28 heavy (non-hydrogen) atoms. The second-order valence-corrected chi connectivity index (χ2v) is 9.59. The fourth-order valence-electron chi connectivity index (χ4n) is 2.89. The third-order valence-corrected chi connectivity index (χ3v) is 5.31. The number of ether oxygens (including phenoxy) is 1. The highest BCUT2D eigenvalue weighted by atomic mass is 16.7. The van der Waals surface area contributed by atoms with Crippen LogP contribution in [0.5, 0.6) is 0 Å². The van der Waals surface area contributed by atoms with Crippen LogP contribution in [0.25, 0.3) is 0 Å². The van der Waals surface area contributed by atoms with Crippen LogP contribution in [0, 0.1) is 0 Å². The van der Waals surface area contributed by atoms with E-state index < -0.39 is 5.60 Å². The van der Waals surface area contributed by atoms with Crippen LogP contribution in [0.15, 0.2) is 24.3 Å². The van der Waals surface area contributed by atoms with Gasteiger partial charge in [0.15, 0.2) is 0 Å². The summed E-state index contributed by atoms with van der Waals surface area (Å²) in [5.41, 5.74) is 0.831. The first kappa shape index (κ1) is 22.8. The number of rotatable bonds is 6. The highest BCUT2D eigenvalue weighted by molar-refractivity contribution is 6.62. The summed E-state index contributed by atoms with van der Waals surface area (Å²) in [5.74, 6) is 0. The molecule has 1 saturated heterocycles. The maximum Gasteiger partial charge on any atom is 0.494 e. The van der Waals surface area contributed by atoms with Crippen molar-refractivity contribution in [3.05, 3.63) is 29.8 Å². The largest absolute Gasteiger partial charge is 0.494 e. The van der Waals surface area contributed by atoms with E-state index >= 15 is 0 Å². The SMILES string of the molecule is CCCCN(Cc1ccc(B2OC(C)(C)C(C)(C)O2)cc1)C(=O)OC(C)(C)C. The van der Waals surface area contributed by atoms with Crippen LogP contribution >= 0.6 is 0 Å². The Labute approximate surface area is 170 Å². The monoisotopic (exact) mass is 389 g/mol. The Morgan fingerprint density at radius 2 is 1.61 bits per heavy atom. The summed E-state index contributed by atoms with van der Waals surface area (Å²) < 4.78 is 17.8. The standard InChI is InChI=1S/C22H36BNO4/c1-9-10-15-24(19(25)26-20(2,3)4)16-17-11-13-18(14-12-17)23-27-21(5,6)22(7,8)28-23/h11-14H,9-10,15-16H2,1-8H3. The summed E-state index contributed by atoms with van der Waals surface area (Å²) >= 11 is 0. The quantitative estimate of drug-likeness (QED) is 0.671. The van der Waals surface area contributed by atoms with E-state index in [0.717, 1.165) is 23.9 Å². The first-order chi connectivity index (χ1) is 12.8. The normalized spacial score (nSPS) is 18.2. The molecule has 1 fully saturated rings. The Balaban J connectivity index is 2.07. The van der Waals surface area contributed by atoms with Gasteiger partial charge in [-0.2, -0.15) is 0 Å². The van der Waals surface area contributed by atoms with Crippen molar-refractivity contribution >= 4 is 18.7 Å². The molecular weight excluding hydrogens is 353 g/mol. The molecule has 0 bridgehead atoms. The van der Waals surface area contributed by atoms with Crippen LogP contribution in [-0.4, -0.2) is 41.5 Å². The highest BCUT2D eigenvalue weighted by Gasteiger charge is 2.51. The average Bonchev–Trinajstić information content (AvgIpc) is 2.78. The number of hydrogen-bond acceptors (Lipinski definition) is 4. The molecule has 1 heterocycles. The molecule has 0 atom stereocenters. The molecule has 0 aliphatic carbocycles. The first-order valence-electron chi connectivity index (χ1n) is 10.3. The summed E-state index contributed by atoms with van der Waals surface area (Å²) in [7, 11) is -0.374. The van der Waals surface area contributed by atoms with E-state index in [2.05, 4.69) is 6.92 Å². The Morgan fingerprint density at radius 1 is 1.07 bits per heavy atom. The minimum Gasteiger partial charge on any atom is -0.444 e. The molecule has 1 aliphatic heterocycles. The van der Waals surface area contributed by atoms with Crippen molar-refractivity contribution in [2.75, 3.05) is 6.54 Å². The number of hydrogen-bond donors (Lipinski definition) is 0. The minimum absolute atomic E-state index is 0.268. The van der Waals surface area contributed by atoms with Gasteiger partial charge in [0.2, 0.25) is 0 Å². The van der Waals surface area contributed by atoms with Crippen molar-refractivity contribution in [3.8, 4) is 0 Å². The van der Waals surface area contributed by atoms with Gasteiger partial charge in [-0.05, 0) is 65.9 Å². The molecule has 2 rings (SSSR count). The van der Waals surface area contributed by atoms with Gasteiger partial charge in [0, 0.05) is 13.1 Å². The molecular formula is C22H36BNO4. The Kier molecular flexibility index (Phi) is 6.88. The predicted molar refractivity (Wildman–Crippen MR) is 114 cm³/mol. The van der Waals surface area contributed by atoms with E-state index in [4.69, 9.17) is 14.0 Å². The molecule has 0 unspecified atom stereocenters. The molecule has 6 heteroatoms. The summed E-state index contributed by atoms with van der Waals surface area (Å²) in [4.78, 5) is 14.3. The van der Waals surface area contributed by atoms with Crippen molar-refractivity contribution < 1.29 is 18.8 Å². The first-order valence-corrected chi connectivity index (χ1v) is 10.3. The Bertz CT molecular complexity index is 648. The van der Waals surface area contributed by atoms with Gasteiger partial charge >= 0.3 is 13.2 Å². The zero-order chi connectivity index (χ0) is 21.2. The molecule has 1 aromatic rings. The molecule has 0 saturated carbocycles. The topological polar surface area (TPSA) is 48.0 Å². The smallest absolute Gasteiger partial charge is 0.444 e. The van der Waals surface area contributed by atoms with Gasteiger partial charge in [-0.3, -0.25) is 0 Å². The predicted octanol–water partition coefficient (Wildman–Crippen LogP) is 4.52. The average molecular weight is 389 g/mol. The van der Waals surface area contributed by atoms with Crippen molar-refractivity contribution in [3.63, 3.8) is 0 Å². The summed E-state index contributed by atoms with van der Waals surface area (Å²) in [6.07, 6.45) is 1.71. The zero-order valence-corrected chi connectivity index (χ0v) is 18.8. The van der Waals surface area contributed by atoms with Crippen molar-refractivity contribution in [2.24, 2.45) is 0 Å². The molecule has 5 nitrogen and oxygen atoms in total. The summed E-state index contributed by atoms with van der Waals surface area (Å²) in [6.45, 7) is 17.2. The number of carbonyl (C=O) groups is 1. The van der Waals surface area contributed by atoms with E-state index in [-0.39, 0.29) is 24.4 Å². The fraction of sp³-hybridized carbons (Fsp3) is 0.682. The van der Waals surface area contributed by atoms with Gasteiger partial charge in [-0.15, -0.1) is 0 Å². The molecule has 1 aromatic carbocycles. The lowest BCUT2D eigenvalue weighted by Gasteiger charge is -2.32. The van der Waals surface area contributed by atoms with Crippen LogP contribution in [0.3, 0.4) is 0 Å². The van der Waals surface area contributed by atoms with Gasteiger partial charge in [-0.25, -0.2) is 4.79 Å². The summed E-state index contributed by atoms with van der Waals surface area (Å²) in [6, 6.07) is 8.10. The van der Waals surface area contributed by atoms with Crippen molar-refractivity contribution in [1.29, 1.82) is 0 Å². The lowest BCUT2D eigenvalue weighted by molar-refractivity contribution is 0.00578. The van der Waals surface area contributed by atoms with Crippen molar-refractivity contribution in [2.45, 2.75) is 91.6 Å².